The molecule has 0 unspecified atom stereocenters. The highest BCUT2D eigenvalue weighted by Gasteiger charge is 2.23. The van der Waals surface area contributed by atoms with Gasteiger partial charge in [-0.2, -0.15) is 0 Å². The van der Waals surface area contributed by atoms with Gasteiger partial charge in [0.25, 0.3) is 0 Å². The van der Waals surface area contributed by atoms with E-state index in [4.69, 9.17) is 14.2 Å². The number of halogens is 1. The predicted octanol–water partition coefficient (Wildman–Crippen LogP) is 2.25. The van der Waals surface area contributed by atoms with Gasteiger partial charge < -0.3 is 14.2 Å². The van der Waals surface area contributed by atoms with E-state index in [0.717, 1.165) is 0 Å². The van der Waals surface area contributed by atoms with Crippen molar-refractivity contribution in [1.29, 1.82) is 0 Å². The fourth-order valence-electron chi connectivity index (χ4n) is 1.38. The van der Waals surface area contributed by atoms with Crippen LogP contribution in [0.5, 0.6) is 11.5 Å². The van der Waals surface area contributed by atoms with Crippen LogP contribution in [0.2, 0.25) is 0 Å². The molecule has 0 spiro atoms. The summed E-state index contributed by atoms with van der Waals surface area (Å²) in [5, 5.41) is 0. The first-order chi connectivity index (χ1) is 6.81. The summed E-state index contributed by atoms with van der Waals surface area (Å²) in [6, 6.07) is 4.62. The molecule has 1 atom stereocenters. The fourth-order valence-corrected chi connectivity index (χ4v) is 1.38. The summed E-state index contributed by atoms with van der Waals surface area (Å²) in [6.07, 6.45) is -0.158. The lowest BCUT2D eigenvalue weighted by molar-refractivity contribution is 0.0250. The third kappa shape index (κ3) is 2.39. The van der Waals surface area contributed by atoms with Crippen molar-refractivity contribution < 1.29 is 18.6 Å². The Balaban J connectivity index is 0.00000112. The number of rotatable bonds is 2. The molecule has 1 aromatic rings. The van der Waals surface area contributed by atoms with Gasteiger partial charge in [0.05, 0.1) is 6.61 Å². The molecule has 2 rings (SSSR count). The molecule has 1 heterocycles. The molecule has 0 aromatic heterocycles. The third-order valence-corrected chi connectivity index (χ3v) is 1.99. The molecule has 15 heavy (non-hydrogen) atoms. The van der Waals surface area contributed by atoms with Crippen LogP contribution in [0.1, 0.15) is 7.43 Å². The van der Waals surface area contributed by atoms with Crippen LogP contribution in [0.3, 0.4) is 0 Å². The van der Waals surface area contributed by atoms with Gasteiger partial charge in [0.15, 0.2) is 23.4 Å². The van der Waals surface area contributed by atoms with Crippen molar-refractivity contribution in [3.63, 3.8) is 0 Å². The fraction of sp³-hybridized carbons (Fsp3) is 0.455. The molecule has 0 amide bonds. The van der Waals surface area contributed by atoms with Crippen molar-refractivity contribution >= 4 is 0 Å². The Bertz CT molecular complexity index is 328. The molecule has 4 heteroatoms. The van der Waals surface area contributed by atoms with Gasteiger partial charge in [-0.3, -0.25) is 0 Å². The zero-order chi connectivity index (χ0) is 9.97. The molecule has 1 aliphatic heterocycles. The zero-order valence-electron chi connectivity index (χ0n) is 7.83. The van der Waals surface area contributed by atoms with Crippen LogP contribution in [-0.2, 0) is 4.74 Å². The van der Waals surface area contributed by atoms with E-state index in [1.165, 1.54) is 6.07 Å². The van der Waals surface area contributed by atoms with E-state index in [1.807, 2.05) is 0 Å². The number of hydrogen-bond donors (Lipinski definition) is 0. The Morgan fingerprint density at radius 2 is 2.33 bits per heavy atom. The summed E-state index contributed by atoms with van der Waals surface area (Å²) in [5.41, 5.74) is 0. The SMILES string of the molecule is C.COC[C@@H]1COc2c(F)cccc2O1. The Morgan fingerprint density at radius 1 is 1.53 bits per heavy atom. The van der Waals surface area contributed by atoms with E-state index >= 15 is 0 Å². The minimum atomic E-state index is -0.390. The van der Waals surface area contributed by atoms with E-state index < -0.39 is 5.82 Å². The van der Waals surface area contributed by atoms with Crippen molar-refractivity contribution in [3.8, 4) is 11.5 Å². The normalized spacial score (nSPS) is 18.1. The van der Waals surface area contributed by atoms with Gasteiger partial charge >= 0.3 is 0 Å². The number of hydrogen-bond acceptors (Lipinski definition) is 3. The Morgan fingerprint density at radius 3 is 3.07 bits per heavy atom. The number of ether oxygens (including phenoxy) is 3. The molecule has 1 aliphatic rings. The molecule has 0 bridgehead atoms. The van der Waals surface area contributed by atoms with Crippen LogP contribution in [0.25, 0.3) is 0 Å². The lowest BCUT2D eigenvalue weighted by atomic mass is 10.2. The molecule has 1 aromatic carbocycles. The summed E-state index contributed by atoms with van der Waals surface area (Å²) in [4.78, 5) is 0. The molecular weight excluding hydrogens is 199 g/mol. The van der Waals surface area contributed by atoms with Gasteiger partial charge in [-0.15, -0.1) is 0 Å². The van der Waals surface area contributed by atoms with E-state index in [9.17, 15) is 4.39 Å². The predicted molar refractivity (Wildman–Crippen MR) is 54.9 cm³/mol. The minimum absolute atomic E-state index is 0. The van der Waals surface area contributed by atoms with E-state index in [0.29, 0.717) is 19.0 Å². The van der Waals surface area contributed by atoms with Gasteiger partial charge in [-0.05, 0) is 12.1 Å². The molecule has 84 valence electrons. The van der Waals surface area contributed by atoms with Gasteiger partial charge in [-0.25, -0.2) is 4.39 Å². The van der Waals surface area contributed by atoms with Crippen LogP contribution < -0.4 is 9.47 Å². The maximum absolute atomic E-state index is 13.1. The van der Waals surface area contributed by atoms with E-state index in [-0.39, 0.29) is 19.3 Å². The molecule has 0 saturated carbocycles. The molecule has 0 fully saturated rings. The largest absolute Gasteiger partial charge is 0.483 e. The first-order valence-corrected chi connectivity index (χ1v) is 4.38. The number of para-hydroxylation sites is 1. The smallest absolute Gasteiger partial charge is 0.197 e. The van der Waals surface area contributed by atoms with Crippen LogP contribution in [-0.4, -0.2) is 26.4 Å². The van der Waals surface area contributed by atoms with Gasteiger partial charge in [0, 0.05) is 7.11 Å². The maximum atomic E-state index is 13.1. The van der Waals surface area contributed by atoms with Crippen molar-refractivity contribution in [1.82, 2.24) is 0 Å². The number of benzene rings is 1. The highest BCUT2D eigenvalue weighted by atomic mass is 19.1. The van der Waals surface area contributed by atoms with Crippen molar-refractivity contribution in [3.05, 3.63) is 24.0 Å². The first kappa shape index (κ1) is 11.8. The summed E-state index contributed by atoms with van der Waals surface area (Å²) >= 11 is 0. The topological polar surface area (TPSA) is 27.7 Å². The van der Waals surface area contributed by atoms with E-state index in [2.05, 4.69) is 0 Å². The average molecular weight is 214 g/mol. The van der Waals surface area contributed by atoms with Crippen LogP contribution in [0, 0.1) is 5.82 Å². The van der Waals surface area contributed by atoms with Gasteiger partial charge in [0.1, 0.15) is 6.61 Å². The third-order valence-electron chi connectivity index (χ3n) is 1.99. The Hall–Kier alpha value is -1.29. The first-order valence-electron chi connectivity index (χ1n) is 4.38. The Kier molecular flexibility index (Phi) is 3.91. The summed E-state index contributed by atoms with van der Waals surface area (Å²) in [7, 11) is 1.59. The van der Waals surface area contributed by atoms with Crippen molar-refractivity contribution in [2.75, 3.05) is 20.3 Å². The summed E-state index contributed by atoms with van der Waals surface area (Å²) in [5.74, 6) is 0.247. The van der Waals surface area contributed by atoms with E-state index in [1.54, 1.807) is 19.2 Å². The molecule has 0 radical (unpaired) electrons. The lowest BCUT2D eigenvalue weighted by Crippen LogP contribution is -2.33. The molecule has 0 aliphatic carbocycles. The van der Waals surface area contributed by atoms with Crippen LogP contribution >= 0.6 is 0 Å². The zero-order valence-corrected chi connectivity index (χ0v) is 7.83. The summed E-state index contributed by atoms with van der Waals surface area (Å²) < 4.78 is 28.8. The second-order valence-corrected chi connectivity index (χ2v) is 3.07. The second kappa shape index (κ2) is 4.98. The van der Waals surface area contributed by atoms with Gasteiger partial charge in [-0.1, -0.05) is 13.5 Å². The molecule has 0 N–H and O–H groups in total. The minimum Gasteiger partial charge on any atom is -0.483 e. The number of methoxy groups -OCH3 is 1. The average Bonchev–Trinajstić information content (AvgIpc) is 2.18. The maximum Gasteiger partial charge on any atom is 0.197 e. The van der Waals surface area contributed by atoms with Crippen molar-refractivity contribution in [2.45, 2.75) is 13.5 Å². The lowest BCUT2D eigenvalue weighted by Gasteiger charge is -2.25. The van der Waals surface area contributed by atoms with Crippen LogP contribution in [0.4, 0.5) is 4.39 Å². The second-order valence-electron chi connectivity index (χ2n) is 3.07. The Labute approximate surface area is 88.8 Å². The summed E-state index contributed by atoms with van der Waals surface area (Å²) in [6.45, 7) is 0.762. The monoisotopic (exact) mass is 214 g/mol. The molecule has 0 saturated heterocycles. The molecule has 3 nitrogen and oxygen atoms in total. The quantitative estimate of drug-likeness (QED) is 0.755. The standard InChI is InChI=1S/C10H11FO3.CH4/c1-12-5-7-6-13-10-8(11)3-2-4-9(10)14-7;/h2-4,7H,5-6H2,1H3;1H4/t7-;/m1./s1. The van der Waals surface area contributed by atoms with Crippen molar-refractivity contribution in [2.24, 2.45) is 0 Å². The highest BCUT2D eigenvalue weighted by molar-refractivity contribution is 5.42. The highest BCUT2D eigenvalue weighted by Crippen LogP contribution is 2.33. The van der Waals surface area contributed by atoms with Crippen LogP contribution in [0.15, 0.2) is 18.2 Å². The molecular formula is C11H15FO3. The number of fused-ring (bicyclic) bond motifs is 1. The van der Waals surface area contributed by atoms with Gasteiger partial charge in [0.2, 0.25) is 0 Å².